The molecule has 1 heterocycles. The molecule has 1 aromatic heterocycles. The van der Waals surface area contributed by atoms with Crippen molar-refractivity contribution in [3.05, 3.63) is 48.5 Å². The van der Waals surface area contributed by atoms with E-state index in [4.69, 9.17) is 9.47 Å². The predicted molar refractivity (Wildman–Crippen MR) is 92.1 cm³/mol. The predicted octanol–water partition coefficient (Wildman–Crippen LogP) is 3.80. The molecule has 0 aliphatic rings. The number of hydrogen-bond donors (Lipinski definition) is 2. The molecule has 0 saturated carbocycles. The Morgan fingerprint density at radius 3 is 1.83 bits per heavy atom. The summed E-state index contributed by atoms with van der Waals surface area (Å²) in [6, 6.07) is 15.8. The number of nitrogens with zero attached hydrogens (tertiary/aromatic N) is 1. The Balaban J connectivity index is 2.06. The van der Waals surface area contributed by atoms with Crippen molar-refractivity contribution in [1.29, 1.82) is 0 Å². The van der Waals surface area contributed by atoms with Crippen LogP contribution in [0.2, 0.25) is 0 Å². The van der Waals surface area contributed by atoms with Gasteiger partial charge < -0.3 is 19.8 Å². The fourth-order valence-corrected chi connectivity index (χ4v) is 2.42. The minimum Gasteiger partial charge on any atom is -0.497 e. The Hall–Kier alpha value is -2.95. The lowest BCUT2D eigenvalue weighted by Crippen LogP contribution is -1.89. The van der Waals surface area contributed by atoms with Gasteiger partial charge in [-0.2, -0.15) is 0 Å². The van der Waals surface area contributed by atoms with Gasteiger partial charge >= 0.3 is 0 Å². The van der Waals surface area contributed by atoms with Crippen molar-refractivity contribution < 1.29 is 9.47 Å². The largest absolute Gasteiger partial charge is 0.497 e. The molecule has 5 heteroatoms. The van der Waals surface area contributed by atoms with Crippen LogP contribution in [0.15, 0.2) is 48.5 Å². The van der Waals surface area contributed by atoms with E-state index in [0.29, 0.717) is 0 Å². The van der Waals surface area contributed by atoms with Crippen LogP contribution in [0.3, 0.4) is 0 Å². The van der Waals surface area contributed by atoms with E-state index >= 15 is 0 Å². The maximum absolute atomic E-state index is 5.22. The van der Waals surface area contributed by atoms with Gasteiger partial charge in [-0.05, 0) is 48.5 Å². The van der Waals surface area contributed by atoms with Gasteiger partial charge in [-0.1, -0.05) is 0 Å². The molecule has 2 aromatic carbocycles. The molecule has 0 bridgehead atoms. The van der Waals surface area contributed by atoms with Crippen molar-refractivity contribution >= 4 is 5.95 Å². The smallest absolute Gasteiger partial charge is 0.200 e. The van der Waals surface area contributed by atoms with Crippen LogP contribution in [0, 0.1) is 0 Å². The van der Waals surface area contributed by atoms with Crippen LogP contribution >= 0.6 is 0 Å². The second-order valence-corrected chi connectivity index (χ2v) is 5.02. The summed E-state index contributed by atoms with van der Waals surface area (Å²) in [5, 5.41) is 3.06. The molecule has 3 rings (SSSR count). The maximum Gasteiger partial charge on any atom is 0.200 e. The summed E-state index contributed by atoms with van der Waals surface area (Å²) in [4.78, 5) is 7.95. The highest BCUT2D eigenvalue weighted by atomic mass is 16.5. The molecule has 0 spiro atoms. The number of nitrogens with one attached hydrogen (secondary N) is 2. The van der Waals surface area contributed by atoms with Gasteiger partial charge in [-0.3, -0.25) is 0 Å². The number of benzene rings is 2. The molecular weight excluding hydrogens is 290 g/mol. The molecule has 0 aliphatic carbocycles. The molecule has 0 saturated heterocycles. The summed E-state index contributed by atoms with van der Waals surface area (Å²) in [5.74, 6) is 2.37. The van der Waals surface area contributed by atoms with Crippen LogP contribution in [0.5, 0.6) is 11.5 Å². The van der Waals surface area contributed by atoms with Gasteiger partial charge in [0.15, 0.2) is 0 Å². The first-order valence-corrected chi connectivity index (χ1v) is 7.31. The first-order valence-electron chi connectivity index (χ1n) is 7.31. The van der Waals surface area contributed by atoms with Crippen molar-refractivity contribution in [1.82, 2.24) is 9.97 Å². The van der Waals surface area contributed by atoms with E-state index in [1.807, 2.05) is 55.6 Å². The maximum atomic E-state index is 5.22. The van der Waals surface area contributed by atoms with Gasteiger partial charge in [-0.15, -0.1) is 0 Å². The van der Waals surface area contributed by atoms with E-state index in [9.17, 15) is 0 Å². The summed E-state index contributed by atoms with van der Waals surface area (Å²) in [6.07, 6.45) is 0. The average molecular weight is 309 g/mol. The molecule has 0 fully saturated rings. The number of H-pyrrole nitrogens is 1. The molecule has 118 valence electrons. The topological polar surface area (TPSA) is 59.2 Å². The third-order valence-electron chi connectivity index (χ3n) is 3.68. The minimum atomic E-state index is 0.724. The molecule has 23 heavy (non-hydrogen) atoms. The molecule has 5 nitrogen and oxygen atoms in total. The second kappa shape index (κ2) is 6.44. The van der Waals surface area contributed by atoms with E-state index in [1.165, 1.54) is 0 Å². The Morgan fingerprint density at radius 1 is 0.826 bits per heavy atom. The lowest BCUT2D eigenvalue weighted by Gasteiger charge is -2.05. The zero-order chi connectivity index (χ0) is 16.2. The number of anilines is 1. The lowest BCUT2D eigenvalue weighted by atomic mass is 10.0. The van der Waals surface area contributed by atoms with Gasteiger partial charge in [0.2, 0.25) is 5.95 Å². The Morgan fingerprint density at radius 2 is 1.35 bits per heavy atom. The summed E-state index contributed by atoms with van der Waals surface area (Å²) >= 11 is 0. The van der Waals surface area contributed by atoms with Crippen LogP contribution in [-0.4, -0.2) is 31.2 Å². The summed E-state index contributed by atoms with van der Waals surface area (Å²) < 4.78 is 10.4. The molecular formula is C18H19N3O2. The number of hydrogen-bond acceptors (Lipinski definition) is 4. The van der Waals surface area contributed by atoms with Gasteiger partial charge in [0.25, 0.3) is 0 Å². The van der Waals surface area contributed by atoms with E-state index < -0.39 is 0 Å². The molecule has 0 unspecified atom stereocenters. The molecule has 3 aromatic rings. The molecule has 0 radical (unpaired) electrons. The highest BCUT2D eigenvalue weighted by Crippen LogP contribution is 2.33. The van der Waals surface area contributed by atoms with Crippen molar-refractivity contribution in [3.63, 3.8) is 0 Å². The number of ether oxygens (including phenoxy) is 2. The number of imidazole rings is 1. The van der Waals surface area contributed by atoms with Gasteiger partial charge in [-0.25, -0.2) is 4.98 Å². The second-order valence-electron chi connectivity index (χ2n) is 5.02. The van der Waals surface area contributed by atoms with E-state index in [-0.39, 0.29) is 0 Å². The first-order chi connectivity index (χ1) is 11.2. The van der Waals surface area contributed by atoms with Crippen LogP contribution < -0.4 is 14.8 Å². The highest BCUT2D eigenvalue weighted by molar-refractivity contribution is 5.80. The monoisotopic (exact) mass is 309 g/mol. The quantitative estimate of drug-likeness (QED) is 0.752. The van der Waals surface area contributed by atoms with Crippen LogP contribution in [0.25, 0.3) is 22.5 Å². The summed E-state index contributed by atoms with van der Waals surface area (Å²) in [6.45, 7) is 0. The van der Waals surface area contributed by atoms with Crippen LogP contribution in [0.1, 0.15) is 0 Å². The highest BCUT2D eigenvalue weighted by Gasteiger charge is 2.14. The van der Waals surface area contributed by atoms with Crippen molar-refractivity contribution in [2.75, 3.05) is 26.6 Å². The third-order valence-corrected chi connectivity index (χ3v) is 3.68. The first kappa shape index (κ1) is 15.0. The van der Waals surface area contributed by atoms with Crippen LogP contribution in [0.4, 0.5) is 5.95 Å². The molecule has 0 atom stereocenters. The van der Waals surface area contributed by atoms with E-state index in [2.05, 4.69) is 15.3 Å². The fraction of sp³-hybridized carbons (Fsp3) is 0.167. The average Bonchev–Trinajstić information content (AvgIpc) is 3.06. The molecule has 0 amide bonds. The Kier molecular flexibility index (Phi) is 4.19. The van der Waals surface area contributed by atoms with Crippen molar-refractivity contribution in [2.24, 2.45) is 0 Å². The number of rotatable bonds is 5. The zero-order valence-corrected chi connectivity index (χ0v) is 13.4. The summed E-state index contributed by atoms with van der Waals surface area (Å²) in [5.41, 5.74) is 3.92. The lowest BCUT2D eigenvalue weighted by molar-refractivity contribution is 0.414. The SMILES string of the molecule is CNc1nc(-c2ccc(OC)cc2)c(-c2ccc(OC)cc2)[nH]1. The third kappa shape index (κ3) is 2.99. The fourth-order valence-electron chi connectivity index (χ4n) is 2.42. The van der Waals surface area contributed by atoms with Crippen molar-refractivity contribution in [3.8, 4) is 34.0 Å². The number of methoxy groups -OCH3 is 2. The van der Waals surface area contributed by atoms with E-state index in [0.717, 1.165) is 40.0 Å². The molecule has 0 aliphatic heterocycles. The number of aromatic nitrogens is 2. The van der Waals surface area contributed by atoms with Gasteiger partial charge in [0, 0.05) is 18.2 Å². The minimum absolute atomic E-state index is 0.724. The van der Waals surface area contributed by atoms with Gasteiger partial charge in [0.1, 0.15) is 11.5 Å². The Labute approximate surface area is 135 Å². The zero-order valence-electron chi connectivity index (χ0n) is 13.4. The Bertz CT molecular complexity index is 712. The normalized spacial score (nSPS) is 10.4. The number of aromatic amines is 1. The van der Waals surface area contributed by atoms with E-state index in [1.54, 1.807) is 14.2 Å². The van der Waals surface area contributed by atoms with Gasteiger partial charge in [0.05, 0.1) is 25.6 Å². The summed E-state index contributed by atoms with van der Waals surface area (Å²) in [7, 11) is 5.16. The van der Waals surface area contributed by atoms with Crippen LogP contribution in [-0.2, 0) is 0 Å². The van der Waals surface area contributed by atoms with Crippen molar-refractivity contribution in [2.45, 2.75) is 0 Å². The standard InChI is InChI=1S/C18H19N3O2/c1-19-18-20-16(12-4-8-14(22-2)9-5-12)17(21-18)13-6-10-15(23-3)11-7-13/h4-11H,1-3H3,(H2,19,20,21). The molecule has 2 N–H and O–H groups in total.